The number of nitrogens with zero attached hydrogens (tertiary/aromatic N) is 3. The molecule has 0 radical (unpaired) electrons. The predicted molar refractivity (Wildman–Crippen MR) is 134 cm³/mol. The summed E-state index contributed by atoms with van der Waals surface area (Å²) in [6.45, 7) is 0.184. The van der Waals surface area contributed by atoms with Gasteiger partial charge in [-0.2, -0.15) is 5.10 Å². The Hall–Kier alpha value is -3.84. The number of methoxy groups -OCH3 is 1. The Kier molecular flexibility index (Phi) is 8.49. The average molecular weight is 608 g/mol. The topological polar surface area (TPSA) is 146 Å². The van der Waals surface area contributed by atoms with E-state index in [0.29, 0.717) is 20.3 Å². The van der Waals surface area contributed by atoms with Crippen LogP contribution in [0.15, 0.2) is 68.6 Å². The molecule has 0 saturated heterocycles. The van der Waals surface area contributed by atoms with Gasteiger partial charge in [-0.3, -0.25) is 25.0 Å². The van der Waals surface area contributed by atoms with Crippen molar-refractivity contribution in [3.05, 3.63) is 100 Å². The summed E-state index contributed by atoms with van der Waals surface area (Å²) in [5.41, 5.74) is 3.39. The highest BCUT2D eigenvalue weighted by Gasteiger charge is 2.17. The maximum absolute atomic E-state index is 12.5. The van der Waals surface area contributed by atoms with Gasteiger partial charge in [0.05, 0.1) is 37.7 Å². The third-order valence-corrected chi connectivity index (χ3v) is 5.75. The number of halogens is 2. The van der Waals surface area contributed by atoms with Crippen molar-refractivity contribution in [1.82, 2.24) is 5.43 Å². The van der Waals surface area contributed by atoms with E-state index >= 15 is 0 Å². The molecule has 11 nitrogen and oxygen atoms in total. The van der Waals surface area contributed by atoms with Gasteiger partial charge in [0.25, 0.3) is 17.3 Å². The lowest BCUT2D eigenvalue weighted by Gasteiger charge is -2.11. The van der Waals surface area contributed by atoms with Crippen molar-refractivity contribution >= 4 is 55.4 Å². The average Bonchev–Trinajstić information content (AvgIpc) is 2.83. The maximum Gasteiger partial charge on any atom is 0.275 e. The molecule has 35 heavy (non-hydrogen) atoms. The minimum atomic E-state index is -0.678. The first-order valence-electron chi connectivity index (χ1n) is 9.70. The van der Waals surface area contributed by atoms with E-state index < -0.39 is 15.8 Å². The molecule has 3 aromatic rings. The fraction of sp³-hybridized carbons (Fsp3) is 0.0909. The van der Waals surface area contributed by atoms with Crippen LogP contribution in [0.25, 0.3) is 0 Å². The largest absolute Gasteiger partial charge is 0.496 e. The number of carbonyl (C=O) groups is 1. The summed E-state index contributed by atoms with van der Waals surface area (Å²) in [7, 11) is 1.35. The van der Waals surface area contributed by atoms with Crippen LogP contribution in [-0.2, 0) is 6.61 Å². The number of rotatable bonds is 9. The van der Waals surface area contributed by atoms with Crippen molar-refractivity contribution in [3.63, 3.8) is 0 Å². The third kappa shape index (κ3) is 6.61. The predicted octanol–water partition coefficient (Wildman–Crippen LogP) is 5.38. The number of amides is 1. The van der Waals surface area contributed by atoms with Crippen molar-refractivity contribution in [3.8, 4) is 11.5 Å². The first-order chi connectivity index (χ1) is 16.7. The number of nitro groups is 2. The van der Waals surface area contributed by atoms with Crippen LogP contribution in [0.4, 0.5) is 11.4 Å². The minimum Gasteiger partial charge on any atom is -0.496 e. The molecule has 0 bridgehead atoms. The minimum absolute atomic E-state index is 0.00391. The fourth-order valence-corrected chi connectivity index (χ4v) is 4.32. The number of nitrogens with one attached hydrogen (secondary N) is 1. The molecular formula is C22H16Br2N4O7. The number of carbonyl (C=O) groups excluding carboxylic acids is 1. The van der Waals surface area contributed by atoms with Crippen LogP contribution in [0, 0.1) is 20.2 Å². The molecule has 0 aliphatic rings. The second-order valence-corrected chi connectivity index (χ2v) is 8.58. The van der Waals surface area contributed by atoms with Gasteiger partial charge >= 0.3 is 0 Å². The molecule has 0 atom stereocenters. The Balaban J connectivity index is 1.68. The van der Waals surface area contributed by atoms with E-state index in [9.17, 15) is 25.0 Å². The summed E-state index contributed by atoms with van der Waals surface area (Å²) in [5.74, 6) is -0.00263. The number of hydrazone groups is 1. The maximum atomic E-state index is 12.5. The molecule has 1 N–H and O–H groups in total. The Morgan fingerprint density at radius 2 is 1.60 bits per heavy atom. The van der Waals surface area contributed by atoms with Crippen LogP contribution in [0.2, 0.25) is 0 Å². The lowest BCUT2D eigenvalue weighted by Crippen LogP contribution is -2.18. The van der Waals surface area contributed by atoms with Gasteiger partial charge in [-0.25, -0.2) is 5.43 Å². The number of hydrogen-bond acceptors (Lipinski definition) is 8. The molecule has 3 rings (SSSR count). The van der Waals surface area contributed by atoms with E-state index in [1.165, 1.54) is 37.6 Å². The Morgan fingerprint density at radius 1 is 1.00 bits per heavy atom. The number of hydrogen-bond donors (Lipinski definition) is 1. The first kappa shape index (κ1) is 25.8. The van der Waals surface area contributed by atoms with Gasteiger partial charge in [-0.15, -0.1) is 0 Å². The van der Waals surface area contributed by atoms with Gasteiger partial charge in [0.15, 0.2) is 0 Å². The summed E-state index contributed by atoms with van der Waals surface area (Å²) in [5, 5.41) is 25.7. The zero-order valence-electron chi connectivity index (χ0n) is 17.9. The van der Waals surface area contributed by atoms with Crippen LogP contribution in [0.3, 0.4) is 0 Å². The van der Waals surface area contributed by atoms with Crippen molar-refractivity contribution in [2.45, 2.75) is 6.61 Å². The van der Waals surface area contributed by atoms with E-state index in [1.54, 1.807) is 24.3 Å². The molecule has 0 heterocycles. The molecule has 0 fully saturated rings. The van der Waals surface area contributed by atoms with Crippen LogP contribution in [-0.4, -0.2) is 29.1 Å². The SMILES string of the molecule is COc1ccc([N+](=O)[O-])cc1C(=O)N/N=C\c1cc(Br)c(OCc2ccc([N+](=O)[O-])cc2)c(Br)c1. The Labute approximate surface area is 215 Å². The second-order valence-electron chi connectivity index (χ2n) is 6.87. The van der Waals surface area contributed by atoms with E-state index in [0.717, 1.165) is 11.6 Å². The van der Waals surface area contributed by atoms with E-state index in [-0.39, 0.29) is 29.3 Å². The van der Waals surface area contributed by atoms with Crippen LogP contribution in [0.1, 0.15) is 21.5 Å². The number of non-ortho nitro benzene ring substituents is 2. The summed E-state index contributed by atoms with van der Waals surface area (Å²) in [4.78, 5) is 33.1. The summed E-state index contributed by atoms with van der Waals surface area (Å²) < 4.78 is 12.1. The third-order valence-electron chi connectivity index (χ3n) is 4.57. The second kappa shape index (κ2) is 11.5. The lowest BCUT2D eigenvalue weighted by atomic mass is 10.1. The molecular weight excluding hydrogens is 592 g/mol. The standard InChI is InChI=1S/C22H16Br2N4O7/c1-34-20-7-6-16(28(32)33)10-17(20)22(29)26-25-11-14-8-18(23)21(19(24)9-14)35-12-13-2-4-15(5-3-13)27(30)31/h2-11H,12H2,1H3,(H,26,29)/b25-11-. The summed E-state index contributed by atoms with van der Waals surface area (Å²) in [6, 6.07) is 13.1. The zero-order valence-corrected chi connectivity index (χ0v) is 21.1. The number of ether oxygens (including phenoxy) is 2. The molecule has 0 unspecified atom stereocenters. The summed E-state index contributed by atoms with van der Waals surface area (Å²) >= 11 is 6.85. The number of benzene rings is 3. The van der Waals surface area contributed by atoms with Crippen molar-refractivity contribution in [2.24, 2.45) is 5.10 Å². The highest BCUT2D eigenvalue weighted by molar-refractivity contribution is 9.11. The molecule has 0 aromatic heterocycles. The lowest BCUT2D eigenvalue weighted by molar-refractivity contribution is -0.385. The van der Waals surface area contributed by atoms with Crippen molar-refractivity contribution < 1.29 is 24.1 Å². The van der Waals surface area contributed by atoms with Crippen LogP contribution < -0.4 is 14.9 Å². The van der Waals surface area contributed by atoms with Gasteiger partial charge in [0.2, 0.25) is 0 Å². The highest BCUT2D eigenvalue weighted by Crippen LogP contribution is 2.35. The van der Waals surface area contributed by atoms with Crippen LogP contribution >= 0.6 is 31.9 Å². The smallest absolute Gasteiger partial charge is 0.275 e. The van der Waals surface area contributed by atoms with Gasteiger partial charge < -0.3 is 9.47 Å². The van der Waals surface area contributed by atoms with Gasteiger partial charge in [0, 0.05) is 24.3 Å². The Bertz CT molecular complexity index is 1290. The monoisotopic (exact) mass is 606 g/mol. The highest BCUT2D eigenvalue weighted by atomic mass is 79.9. The normalized spacial score (nSPS) is 10.7. The van der Waals surface area contributed by atoms with Gasteiger partial charge in [0.1, 0.15) is 18.1 Å². The van der Waals surface area contributed by atoms with E-state index in [4.69, 9.17) is 9.47 Å². The molecule has 3 aromatic carbocycles. The molecule has 1 amide bonds. The van der Waals surface area contributed by atoms with Crippen molar-refractivity contribution in [1.29, 1.82) is 0 Å². The van der Waals surface area contributed by atoms with E-state index in [1.807, 2.05) is 0 Å². The fourth-order valence-electron chi connectivity index (χ4n) is 2.87. The van der Waals surface area contributed by atoms with Gasteiger partial charge in [-0.1, -0.05) is 0 Å². The van der Waals surface area contributed by atoms with Crippen LogP contribution in [0.5, 0.6) is 11.5 Å². The molecule has 0 aliphatic heterocycles. The van der Waals surface area contributed by atoms with Crippen molar-refractivity contribution in [2.75, 3.05) is 7.11 Å². The molecule has 0 spiro atoms. The molecule has 0 saturated carbocycles. The molecule has 0 aliphatic carbocycles. The van der Waals surface area contributed by atoms with Gasteiger partial charge in [-0.05, 0) is 73.3 Å². The zero-order chi connectivity index (χ0) is 25.5. The quantitative estimate of drug-likeness (QED) is 0.195. The molecule has 13 heteroatoms. The first-order valence-corrected chi connectivity index (χ1v) is 11.3. The summed E-state index contributed by atoms with van der Waals surface area (Å²) in [6.07, 6.45) is 1.39. The molecule has 180 valence electrons. The Morgan fingerprint density at radius 3 is 2.17 bits per heavy atom. The van der Waals surface area contributed by atoms with E-state index in [2.05, 4.69) is 42.4 Å². The number of nitro benzene ring substituents is 2.